The van der Waals surface area contributed by atoms with Crippen LogP contribution in [0.4, 0.5) is 0 Å². The van der Waals surface area contributed by atoms with E-state index in [9.17, 15) is 0 Å². The van der Waals surface area contributed by atoms with Crippen molar-refractivity contribution in [1.82, 2.24) is 0 Å². The van der Waals surface area contributed by atoms with Gasteiger partial charge >= 0.3 is 0 Å². The molecule has 11 heavy (non-hydrogen) atoms. The van der Waals surface area contributed by atoms with Gasteiger partial charge in [0.15, 0.2) is 0 Å². The molecular weight excluding hydrogens is 132 g/mol. The zero-order valence-corrected chi connectivity index (χ0v) is 6.59. The molecule has 1 aromatic rings. The molecule has 0 N–H and O–H groups in total. The molecule has 0 heterocycles. The minimum atomic E-state index is 0.408. The molecule has 0 bridgehead atoms. The molecule has 1 aromatic carbocycles. The van der Waals surface area contributed by atoms with Gasteiger partial charge in [0.05, 0.1) is 1.37 Å². The van der Waals surface area contributed by atoms with E-state index in [4.69, 9.17) is 2.74 Å². The summed E-state index contributed by atoms with van der Waals surface area (Å²) in [7, 11) is 0. The molecule has 0 amide bonds. The Balaban J connectivity index is 2.55. The summed E-state index contributed by atoms with van der Waals surface area (Å²) >= 11 is 0. The average Bonchev–Trinajstić information content (AvgIpc) is 2.16. The van der Waals surface area contributed by atoms with Crippen molar-refractivity contribution in [2.45, 2.75) is 19.7 Å². The molecule has 0 unspecified atom stereocenters. The van der Waals surface area contributed by atoms with Gasteiger partial charge in [0.1, 0.15) is 0 Å². The van der Waals surface area contributed by atoms with Crippen molar-refractivity contribution in [2.75, 3.05) is 0 Å². The fraction of sp³-hybridized carbons (Fsp3) is 0.273. The van der Waals surface area contributed by atoms with Gasteiger partial charge in [-0.2, -0.15) is 0 Å². The van der Waals surface area contributed by atoms with E-state index in [0.29, 0.717) is 19.4 Å². The van der Waals surface area contributed by atoms with Crippen molar-refractivity contribution in [1.29, 1.82) is 0 Å². The smallest absolute Gasteiger partial charge is 0.0576 e. The van der Waals surface area contributed by atoms with E-state index in [0.717, 1.165) is 12.0 Å². The first-order valence-corrected chi connectivity index (χ1v) is 3.84. The van der Waals surface area contributed by atoms with Gasteiger partial charge in [0.25, 0.3) is 0 Å². The number of rotatable bonds is 3. The Morgan fingerprint density at radius 1 is 1.45 bits per heavy atom. The average molecular weight is 148 g/mol. The van der Waals surface area contributed by atoms with E-state index >= 15 is 0 Å². The molecule has 0 heteroatoms. The molecule has 0 radical (unpaired) electrons. The Labute approximate surface area is 71.4 Å². The van der Waals surface area contributed by atoms with Crippen LogP contribution >= 0.6 is 0 Å². The van der Waals surface area contributed by atoms with Crippen LogP contribution in [0.5, 0.6) is 0 Å². The Kier molecular flexibility index (Phi) is 2.40. The molecule has 0 fully saturated rings. The third kappa shape index (κ3) is 3.03. The summed E-state index contributed by atoms with van der Waals surface area (Å²) < 4.78 is 14.6. The van der Waals surface area contributed by atoms with Gasteiger partial charge in [-0.05, 0) is 12.0 Å². The first-order valence-electron chi connectivity index (χ1n) is 5.05. The summed E-state index contributed by atoms with van der Waals surface area (Å²) in [6.07, 6.45) is 3.34. The Morgan fingerprint density at radius 3 is 3.00 bits per heavy atom. The van der Waals surface area contributed by atoms with Gasteiger partial charge < -0.3 is 0 Å². The van der Waals surface area contributed by atoms with Crippen LogP contribution in [-0.4, -0.2) is 0 Å². The van der Waals surface area contributed by atoms with Crippen LogP contribution in [0.25, 0.3) is 6.08 Å². The second-order valence-electron chi connectivity index (χ2n) is 2.36. The molecule has 0 aromatic heterocycles. The minimum Gasteiger partial charge on any atom is -0.0840 e. The first-order chi connectivity index (χ1) is 6.33. The van der Waals surface area contributed by atoms with Crippen LogP contribution < -0.4 is 0 Å². The molecule has 0 saturated carbocycles. The highest BCUT2D eigenvalue weighted by atomic mass is 13.9. The van der Waals surface area contributed by atoms with Gasteiger partial charge in [-0.1, -0.05) is 55.8 Å². The molecule has 1 rings (SSSR count). The molecule has 0 nitrogen and oxygen atoms in total. The fourth-order valence-corrected chi connectivity index (χ4v) is 0.841. The van der Waals surface area contributed by atoms with Crippen LogP contribution in [0.15, 0.2) is 36.4 Å². The maximum absolute atomic E-state index is 7.59. The lowest BCUT2D eigenvalue weighted by atomic mass is 10.2. The Morgan fingerprint density at radius 2 is 2.27 bits per heavy atom. The van der Waals surface area contributed by atoms with E-state index in [1.165, 1.54) is 0 Å². The molecule has 0 aliphatic carbocycles. The van der Waals surface area contributed by atoms with Crippen molar-refractivity contribution in [3.05, 3.63) is 41.9 Å². The zero-order valence-electron chi connectivity index (χ0n) is 8.59. The van der Waals surface area contributed by atoms with E-state index in [2.05, 4.69) is 0 Å². The Bertz CT molecular complexity index is 265. The Hall–Kier alpha value is -1.04. The predicted octanol–water partition coefficient (Wildman–Crippen LogP) is 3.50. The van der Waals surface area contributed by atoms with Crippen LogP contribution in [0.1, 0.15) is 28.0 Å². The second kappa shape index (κ2) is 4.73. The topological polar surface area (TPSA) is 0 Å². The van der Waals surface area contributed by atoms with Crippen molar-refractivity contribution in [2.24, 2.45) is 0 Å². The monoisotopic (exact) mass is 148 g/mol. The first kappa shape index (κ1) is 5.59. The van der Waals surface area contributed by atoms with E-state index in [-0.39, 0.29) is 0 Å². The van der Waals surface area contributed by atoms with Crippen molar-refractivity contribution in [3.63, 3.8) is 0 Å². The van der Waals surface area contributed by atoms with E-state index in [1.54, 1.807) is 0 Å². The lowest BCUT2D eigenvalue weighted by molar-refractivity contribution is 0.962. The maximum Gasteiger partial charge on any atom is 0.0576 e. The van der Waals surface area contributed by atoms with E-state index < -0.39 is 0 Å². The van der Waals surface area contributed by atoms with Gasteiger partial charge in [-0.15, -0.1) is 0 Å². The van der Waals surface area contributed by atoms with Crippen LogP contribution in [0, 0.1) is 0 Å². The molecule has 0 aliphatic rings. The lowest BCUT2D eigenvalue weighted by Crippen LogP contribution is -1.68. The largest absolute Gasteiger partial charge is 0.0840 e. The van der Waals surface area contributed by atoms with Gasteiger partial charge in [-0.3, -0.25) is 0 Å². The van der Waals surface area contributed by atoms with Crippen LogP contribution in [-0.2, 0) is 0 Å². The molecule has 0 atom stereocenters. The molecule has 0 aliphatic heterocycles. The standard InChI is InChI=1S/C11H14/c1-2-3-5-8-11-9-6-4-7-10-11/h4-10H,2-3H2,1H3/i1D,5D. The fourth-order valence-electron chi connectivity index (χ4n) is 0.841. The number of allylic oxidation sites excluding steroid dienone is 1. The van der Waals surface area contributed by atoms with Crippen molar-refractivity contribution < 1.29 is 2.74 Å². The van der Waals surface area contributed by atoms with Gasteiger partial charge in [0, 0.05) is 1.37 Å². The van der Waals surface area contributed by atoms with E-state index in [1.807, 2.05) is 36.4 Å². The third-order valence-electron chi connectivity index (χ3n) is 1.39. The molecule has 58 valence electrons. The van der Waals surface area contributed by atoms with Gasteiger partial charge in [0.2, 0.25) is 0 Å². The summed E-state index contributed by atoms with van der Waals surface area (Å²) in [4.78, 5) is 0. The molecule has 0 spiro atoms. The summed E-state index contributed by atoms with van der Waals surface area (Å²) in [5.74, 6) is 0. The minimum absolute atomic E-state index is 0.408. The maximum atomic E-state index is 7.59. The van der Waals surface area contributed by atoms with Crippen molar-refractivity contribution in [3.8, 4) is 0 Å². The SMILES string of the molecule is [2H]CCCC([2H])=Cc1ccccc1. The second-order valence-corrected chi connectivity index (χ2v) is 2.36. The highest BCUT2D eigenvalue weighted by Crippen LogP contribution is 2.02. The highest BCUT2D eigenvalue weighted by Gasteiger charge is 1.80. The quantitative estimate of drug-likeness (QED) is 0.615. The predicted molar refractivity (Wildman–Crippen MR) is 50.4 cm³/mol. The molecular formula is C11H14. The number of hydrogen-bond acceptors (Lipinski definition) is 0. The highest BCUT2D eigenvalue weighted by molar-refractivity contribution is 5.48. The summed E-state index contributed by atoms with van der Waals surface area (Å²) in [6, 6.07) is 10.5. The number of benzene rings is 1. The zero-order chi connectivity index (χ0) is 9.52. The summed E-state index contributed by atoms with van der Waals surface area (Å²) in [5, 5.41) is 0. The lowest BCUT2D eigenvalue weighted by Gasteiger charge is -1.89. The number of hydrogen-bond donors (Lipinski definition) is 0. The summed E-state index contributed by atoms with van der Waals surface area (Å²) in [5.41, 5.74) is 1.07. The third-order valence-corrected chi connectivity index (χ3v) is 1.39. The van der Waals surface area contributed by atoms with Crippen LogP contribution in [0.2, 0.25) is 0 Å². The summed E-state index contributed by atoms with van der Waals surface area (Å²) in [6.45, 7) is 0.408. The van der Waals surface area contributed by atoms with Gasteiger partial charge in [-0.25, -0.2) is 0 Å². The van der Waals surface area contributed by atoms with Crippen molar-refractivity contribution >= 4 is 6.08 Å². The molecule has 0 saturated heterocycles. The normalized spacial score (nSPS) is 14.0. The van der Waals surface area contributed by atoms with Crippen LogP contribution in [0.3, 0.4) is 0 Å².